The van der Waals surface area contributed by atoms with Gasteiger partial charge < -0.3 is 38.3 Å². The molecule has 0 amide bonds. The van der Waals surface area contributed by atoms with Gasteiger partial charge in [0.05, 0.1) is 0 Å². The van der Waals surface area contributed by atoms with Crippen molar-refractivity contribution >= 4 is 0 Å². The molecule has 0 aromatic carbocycles. The van der Waals surface area contributed by atoms with Crippen molar-refractivity contribution in [3.05, 3.63) is 0 Å². The second-order valence-corrected chi connectivity index (χ2v) is 9.29. The summed E-state index contributed by atoms with van der Waals surface area (Å²) in [5.41, 5.74) is 0. The standard InChI is InChI=1S/2C6H14O.4C5H12O.C4H10O2.2CH4/c1-3-5-6-7-4-2;1-3-5-7-6-4-2;2*1-3-4-5-6-2;2*1-3-5-6-4-2;1-2-3-6-4-5;;/h2*3-6H2,1-2H3;4*3-5H2,1-2H3;5H,2-4H2,1H3;2*1H4. The first-order chi connectivity index (χ1) is 21.4. The molecule has 1 N–H and O–H groups in total. The summed E-state index contributed by atoms with van der Waals surface area (Å²) >= 11 is 0. The first kappa shape index (κ1) is 67.8. The van der Waals surface area contributed by atoms with E-state index in [1.54, 1.807) is 14.2 Å². The van der Waals surface area contributed by atoms with Crippen molar-refractivity contribution in [3.8, 4) is 0 Å². The molecule has 0 radical (unpaired) electrons. The summed E-state index contributed by atoms with van der Waals surface area (Å²) in [5, 5.41) is 7.98. The Balaban J connectivity index is -0.0000000493. The van der Waals surface area contributed by atoms with Gasteiger partial charge in [-0.05, 0) is 72.1 Å². The van der Waals surface area contributed by atoms with E-state index in [2.05, 4.69) is 53.2 Å². The van der Waals surface area contributed by atoms with Gasteiger partial charge in [-0.1, -0.05) is 89.5 Å². The SMILES string of the molecule is C.C.CCCCOC.CCCCOC.CCCCOCC.CCCOCC.CCCOCC.CCCOCCC.CCCOCO. The Hall–Kier alpha value is -0.320. The summed E-state index contributed by atoms with van der Waals surface area (Å²) in [6.07, 6.45) is 12.8. The quantitative estimate of drug-likeness (QED) is 0.0844. The summed E-state index contributed by atoms with van der Waals surface area (Å²) in [4.78, 5) is 0. The molecule has 0 saturated heterocycles. The zero-order valence-corrected chi connectivity index (χ0v) is 32.6. The highest BCUT2D eigenvalue weighted by molar-refractivity contribution is 4.29. The Morgan fingerprint density at radius 2 is 0.587 bits per heavy atom. The first-order valence-corrected chi connectivity index (χ1v) is 17.9. The number of rotatable bonds is 23. The van der Waals surface area contributed by atoms with Crippen LogP contribution in [0.2, 0.25) is 0 Å². The van der Waals surface area contributed by atoms with Gasteiger partial charge in [0.25, 0.3) is 0 Å². The highest BCUT2D eigenvalue weighted by Crippen LogP contribution is 1.86. The largest absolute Gasteiger partial charge is 0.385 e. The van der Waals surface area contributed by atoms with Gasteiger partial charge in [0.1, 0.15) is 6.79 Å². The average Bonchev–Trinajstić information content (AvgIpc) is 3.05. The predicted octanol–water partition coefficient (Wildman–Crippen LogP) is 11.0. The zero-order valence-electron chi connectivity index (χ0n) is 32.6. The predicted molar refractivity (Wildman–Crippen MR) is 207 cm³/mol. The number of hydrogen-bond donors (Lipinski definition) is 1. The number of hydrogen-bond acceptors (Lipinski definition) is 8. The molecule has 0 saturated carbocycles. The molecule has 8 heteroatoms. The van der Waals surface area contributed by atoms with Crippen LogP contribution in [0.25, 0.3) is 0 Å². The number of methoxy groups -OCH3 is 2. The first-order valence-electron chi connectivity index (χ1n) is 17.9. The van der Waals surface area contributed by atoms with Crippen molar-refractivity contribution in [1.29, 1.82) is 0 Å². The van der Waals surface area contributed by atoms with E-state index in [1.165, 1.54) is 38.5 Å². The minimum absolute atomic E-state index is 0. The van der Waals surface area contributed by atoms with Gasteiger partial charge in [-0.25, -0.2) is 0 Å². The van der Waals surface area contributed by atoms with Gasteiger partial charge in [-0.15, -0.1) is 0 Å². The van der Waals surface area contributed by atoms with Gasteiger partial charge >= 0.3 is 0 Å². The van der Waals surface area contributed by atoms with Crippen molar-refractivity contribution in [2.75, 3.05) is 93.7 Å². The third kappa shape index (κ3) is 155. The Kier molecular flexibility index (Phi) is 143. The Bertz CT molecular complexity index is 241. The fourth-order valence-corrected chi connectivity index (χ4v) is 2.15. The van der Waals surface area contributed by atoms with Crippen LogP contribution in [0.15, 0.2) is 0 Å². The van der Waals surface area contributed by atoms with Gasteiger partial charge in [-0.2, -0.15) is 0 Å². The molecule has 0 rings (SSSR count). The third-order valence-corrected chi connectivity index (χ3v) is 4.49. The van der Waals surface area contributed by atoms with E-state index in [-0.39, 0.29) is 21.6 Å². The Labute approximate surface area is 293 Å². The van der Waals surface area contributed by atoms with Crippen molar-refractivity contribution in [3.63, 3.8) is 0 Å². The number of unbranched alkanes of at least 4 members (excludes halogenated alkanes) is 3. The van der Waals surface area contributed by atoms with Crippen molar-refractivity contribution in [2.24, 2.45) is 0 Å². The van der Waals surface area contributed by atoms with Crippen LogP contribution in [-0.4, -0.2) is 98.8 Å². The van der Waals surface area contributed by atoms with E-state index in [1.807, 2.05) is 27.7 Å². The summed E-state index contributed by atoms with van der Waals surface area (Å²) in [5.74, 6) is 0. The average molecular weight is 679 g/mol. The van der Waals surface area contributed by atoms with E-state index in [4.69, 9.17) is 33.5 Å². The number of ether oxygens (including phenoxy) is 7. The van der Waals surface area contributed by atoms with Gasteiger partial charge in [0.2, 0.25) is 0 Å². The molecule has 0 bridgehead atoms. The molecule has 0 aliphatic carbocycles. The summed E-state index contributed by atoms with van der Waals surface area (Å²) in [7, 11) is 3.46. The second kappa shape index (κ2) is 96.8. The molecule has 0 aliphatic heterocycles. The smallest absolute Gasteiger partial charge is 0.143 e. The minimum Gasteiger partial charge on any atom is -0.385 e. The zero-order chi connectivity index (χ0) is 35.2. The van der Waals surface area contributed by atoms with E-state index >= 15 is 0 Å². The molecular formula is C38H94O8. The van der Waals surface area contributed by atoms with E-state index < -0.39 is 0 Å². The molecule has 0 aromatic rings. The maximum atomic E-state index is 7.98. The van der Waals surface area contributed by atoms with E-state index in [9.17, 15) is 0 Å². The minimum atomic E-state index is -0.145. The maximum absolute atomic E-state index is 7.98. The Morgan fingerprint density at radius 1 is 0.326 bits per heavy atom. The topological polar surface area (TPSA) is 84.8 Å². The molecule has 8 nitrogen and oxygen atoms in total. The van der Waals surface area contributed by atoms with Crippen LogP contribution < -0.4 is 0 Å². The summed E-state index contributed by atoms with van der Waals surface area (Å²) in [6, 6.07) is 0. The summed E-state index contributed by atoms with van der Waals surface area (Å²) < 4.78 is 34.3. The number of aliphatic hydroxyl groups excluding tert-OH is 1. The monoisotopic (exact) mass is 679 g/mol. The second-order valence-electron chi connectivity index (χ2n) is 9.29. The van der Waals surface area contributed by atoms with E-state index in [0.29, 0.717) is 6.61 Å². The van der Waals surface area contributed by atoms with E-state index in [0.717, 1.165) is 98.2 Å². The van der Waals surface area contributed by atoms with Crippen molar-refractivity contribution < 1.29 is 38.3 Å². The molecule has 0 fully saturated rings. The highest BCUT2D eigenvalue weighted by Gasteiger charge is 1.79. The molecule has 46 heavy (non-hydrogen) atoms. The molecule has 0 atom stereocenters. The van der Waals surface area contributed by atoms with Crippen LogP contribution in [0.1, 0.15) is 162 Å². The highest BCUT2D eigenvalue weighted by atomic mass is 16.6. The van der Waals surface area contributed by atoms with Crippen LogP contribution in [0.4, 0.5) is 0 Å². The van der Waals surface area contributed by atoms with Crippen LogP contribution >= 0.6 is 0 Å². The number of aliphatic hydroxyl groups is 1. The van der Waals surface area contributed by atoms with Crippen molar-refractivity contribution in [1.82, 2.24) is 0 Å². The lowest BCUT2D eigenvalue weighted by molar-refractivity contribution is -0.000868. The molecule has 0 unspecified atom stereocenters. The Morgan fingerprint density at radius 3 is 0.761 bits per heavy atom. The molecule has 0 heterocycles. The van der Waals surface area contributed by atoms with Crippen LogP contribution in [0.3, 0.4) is 0 Å². The third-order valence-electron chi connectivity index (χ3n) is 4.49. The fraction of sp³-hybridized carbons (Fsp3) is 1.00. The molecule has 0 spiro atoms. The molecule has 294 valence electrons. The maximum Gasteiger partial charge on any atom is 0.143 e. The van der Waals surface area contributed by atoms with Crippen LogP contribution in [0.5, 0.6) is 0 Å². The normalized spacial score (nSPS) is 8.74. The lowest BCUT2D eigenvalue weighted by Crippen LogP contribution is -1.92. The fourth-order valence-electron chi connectivity index (χ4n) is 2.15. The van der Waals surface area contributed by atoms with Gasteiger partial charge in [0, 0.05) is 86.9 Å². The molecule has 0 aliphatic rings. The van der Waals surface area contributed by atoms with Gasteiger partial charge in [-0.3, -0.25) is 0 Å². The lowest BCUT2D eigenvalue weighted by Gasteiger charge is -1.95. The van der Waals surface area contributed by atoms with Crippen molar-refractivity contribution in [2.45, 2.75) is 162 Å². The molecule has 0 aromatic heterocycles. The van der Waals surface area contributed by atoms with Gasteiger partial charge in [0.15, 0.2) is 0 Å². The van der Waals surface area contributed by atoms with Crippen LogP contribution in [-0.2, 0) is 33.2 Å². The summed E-state index contributed by atoms with van der Waals surface area (Å²) in [6.45, 7) is 32.5. The van der Waals surface area contributed by atoms with Crippen LogP contribution in [0, 0.1) is 0 Å². The lowest BCUT2D eigenvalue weighted by atomic mass is 10.4. The molecular weight excluding hydrogens is 584 g/mol.